The first-order valence-corrected chi connectivity index (χ1v) is 6.07. The third kappa shape index (κ3) is 3.73. The lowest BCUT2D eigenvalue weighted by Crippen LogP contribution is -2.40. The molecule has 0 bridgehead atoms. The Morgan fingerprint density at radius 3 is 2.56 bits per heavy atom. The van der Waals surface area contributed by atoms with Crippen molar-refractivity contribution in [1.82, 2.24) is 14.9 Å². The molecule has 1 atom stereocenters. The highest BCUT2D eigenvalue weighted by Crippen LogP contribution is 2.20. The monoisotopic (exact) mass is 253 g/mol. The van der Waals surface area contributed by atoms with E-state index in [1.54, 1.807) is 7.11 Å². The van der Waals surface area contributed by atoms with Crippen molar-refractivity contribution in [3.8, 4) is 5.88 Å². The van der Waals surface area contributed by atoms with Crippen LogP contribution in [0.1, 0.15) is 13.8 Å². The number of nitrogen functional groups attached to an aromatic ring is 1. The van der Waals surface area contributed by atoms with E-state index in [0.717, 1.165) is 18.9 Å². The zero-order chi connectivity index (χ0) is 13.7. The summed E-state index contributed by atoms with van der Waals surface area (Å²) >= 11 is 0. The van der Waals surface area contributed by atoms with E-state index in [9.17, 15) is 0 Å². The number of methoxy groups -OCH3 is 1. The zero-order valence-corrected chi connectivity index (χ0v) is 11.8. The minimum atomic E-state index is 0.236. The van der Waals surface area contributed by atoms with E-state index < -0.39 is 0 Å². The van der Waals surface area contributed by atoms with Gasteiger partial charge in [0.1, 0.15) is 5.82 Å². The summed E-state index contributed by atoms with van der Waals surface area (Å²) in [6.07, 6.45) is 0. The lowest BCUT2D eigenvalue weighted by atomic mass is 10.2. The van der Waals surface area contributed by atoms with Gasteiger partial charge in [-0.15, -0.1) is 0 Å². The largest absolute Gasteiger partial charge is 0.481 e. The molecule has 2 N–H and O–H groups in total. The fraction of sp³-hybridized carbons (Fsp3) is 0.667. The first-order valence-electron chi connectivity index (χ1n) is 6.07. The van der Waals surface area contributed by atoms with E-state index in [1.165, 1.54) is 0 Å². The lowest BCUT2D eigenvalue weighted by Gasteiger charge is -2.31. The van der Waals surface area contributed by atoms with Crippen LogP contribution in [0.2, 0.25) is 0 Å². The highest BCUT2D eigenvalue weighted by Gasteiger charge is 2.16. The van der Waals surface area contributed by atoms with E-state index in [0.29, 0.717) is 11.9 Å². The van der Waals surface area contributed by atoms with Crippen LogP contribution in [0.25, 0.3) is 0 Å². The van der Waals surface area contributed by atoms with E-state index >= 15 is 0 Å². The van der Waals surface area contributed by atoms with E-state index in [4.69, 9.17) is 10.5 Å². The Morgan fingerprint density at radius 1 is 1.39 bits per heavy atom. The number of aromatic nitrogens is 2. The number of hydrogen-bond acceptors (Lipinski definition) is 6. The molecule has 0 aromatic carbocycles. The Morgan fingerprint density at radius 2 is 2.06 bits per heavy atom. The van der Waals surface area contributed by atoms with Crippen molar-refractivity contribution >= 4 is 11.8 Å². The average Bonchev–Trinajstić information content (AvgIpc) is 2.28. The standard InChI is InChI=1S/C12H23N5O/c1-6-17(9(2)8-16(3)4)10-7-11(18-5)15-12(13)14-10/h7,9H,6,8H2,1-5H3,(H2,13,14,15). The maximum Gasteiger partial charge on any atom is 0.225 e. The molecule has 6 heteroatoms. The number of ether oxygens (including phenoxy) is 1. The van der Waals surface area contributed by atoms with Crippen LogP contribution in [0.15, 0.2) is 6.07 Å². The van der Waals surface area contributed by atoms with E-state index in [1.807, 2.05) is 6.07 Å². The van der Waals surface area contributed by atoms with Gasteiger partial charge in [-0.25, -0.2) is 0 Å². The molecule has 0 saturated heterocycles. The van der Waals surface area contributed by atoms with Crippen molar-refractivity contribution in [2.24, 2.45) is 0 Å². The molecule has 0 saturated carbocycles. The molecule has 18 heavy (non-hydrogen) atoms. The number of likely N-dealkylation sites (N-methyl/N-ethyl adjacent to an activating group) is 2. The topological polar surface area (TPSA) is 67.5 Å². The van der Waals surface area contributed by atoms with Crippen LogP contribution in [0.4, 0.5) is 11.8 Å². The van der Waals surface area contributed by atoms with Crippen molar-refractivity contribution < 1.29 is 4.74 Å². The quantitative estimate of drug-likeness (QED) is 0.810. The molecular weight excluding hydrogens is 230 g/mol. The van der Waals surface area contributed by atoms with Gasteiger partial charge in [-0.05, 0) is 27.9 Å². The maximum absolute atomic E-state index is 5.69. The zero-order valence-electron chi connectivity index (χ0n) is 11.8. The van der Waals surface area contributed by atoms with Gasteiger partial charge in [0.25, 0.3) is 0 Å². The fourth-order valence-electron chi connectivity index (χ4n) is 2.01. The van der Waals surface area contributed by atoms with Gasteiger partial charge in [-0.2, -0.15) is 9.97 Å². The molecule has 0 amide bonds. The third-order valence-corrected chi connectivity index (χ3v) is 2.71. The van der Waals surface area contributed by atoms with Crippen molar-refractivity contribution in [1.29, 1.82) is 0 Å². The number of hydrogen-bond donors (Lipinski definition) is 1. The second-order valence-corrected chi connectivity index (χ2v) is 4.52. The normalized spacial score (nSPS) is 12.6. The second-order valence-electron chi connectivity index (χ2n) is 4.52. The minimum Gasteiger partial charge on any atom is -0.481 e. The molecule has 0 spiro atoms. The van der Waals surface area contributed by atoms with Gasteiger partial charge in [0, 0.05) is 25.2 Å². The molecule has 0 aliphatic carbocycles. The Hall–Kier alpha value is -1.56. The van der Waals surface area contributed by atoms with E-state index in [-0.39, 0.29) is 5.95 Å². The predicted octanol–water partition coefficient (Wildman–Crippen LogP) is 0.844. The first kappa shape index (κ1) is 14.5. The SMILES string of the molecule is CCN(c1cc(OC)nc(N)n1)C(C)CN(C)C. The predicted molar refractivity (Wildman–Crippen MR) is 74.0 cm³/mol. The third-order valence-electron chi connectivity index (χ3n) is 2.71. The van der Waals surface area contributed by atoms with Crippen LogP contribution in [-0.4, -0.2) is 55.2 Å². The Labute approximate surface area is 109 Å². The molecule has 1 aromatic rings. The minimum absolute atomic E-state index is 0.236. The van der Waals surface area contributed by atoms with Crippen LogP contribution < -0.4 is 15.4 Å². The van der Waals surface area contributed by atoms with Gasteiger partial charge in [0.15, 0.2) is 0 Å². The maximum atomic E-state index is 5.69. The van der Waals surface area contributed by atoms with Crippen LogP contribution in [-0.2, 0) is 0 Å². The molecule has 1 heterocycles. The van der Waals surface area contributed by atoms with Gasteiger partial charge in [-0.1, -0.05) is 0 Å². The average molecular weight is 253 g/mol. The van der Waals surface area contributed by atoms with Crippen molar-refractivity contribution in [3.63, 3.8) is 0 Å². The van der Waals surface area contributed by atoms with Crippen molar-refractivity contribution in [2.75, 3.05) is 44.9 Å². The Bertz CT molecular complexity index is 383. The number of nitrogens with zero attached hydrogens (tertiary/aromatic N) is 4. The molecule has 0 aliphatic heterocycles. The number of nitrogens with two attached hydrogens (primary N) is 1. The smallest absolute Gasteiger partial charge is 0.225 e. The molecule has 0 aliphatic rings. The summed E-state index contributed by atoms with van der Waals surface area (Å²) in [5.41, 5.74) is 5.69. The molecule has 6 nitrogen and oxygen atoms in total. The molecule has 1 rings (SSSR count). The Balaban J connectivity index is 2.97. The van der Waals surface area contributed by atoms with Gasteiger partial charge in [0.2, 0.25) is 11.8 Å². The van der Waals surface area contributed by atoms with E-state index in [2.05, 4.69) is 47.7 Å². The summed E-state index contributed by atoms with van der Waals surface area (Å²) in [6, 6.07) is 2.15. The van der Waals surface area contributed by atoms with Gasteiger partial charge in [0.05, 0.1) is 7.11 Å². The Kier molecular flexibility index (Phi) is 5.15. The van der Waals surface area contributed by atoms with Crippen molar-refractivity contribution in [2.45, 2.75) is 19.9 Å². The summed E-state index contributed by atoms with van der Waals surface area (Å²) in [6.45, 7) is 6.06. The number of anilines is 2. The van der Waals surface area contributed by atoms with Gasteiger partial charge >= 0.3 is 0 Å². The summed E-state index contributed by atoms with van der Waals surface area (Å²) < 4.78 is 5.12. The van der Waals surface area contributed by atoms with Crippen molar-refractivity contribution in [3.05, 3.63) is 6.07 Å². The molecule has 0 fully saturated rings. The first-order chi connectivity index (χ1) is 8.47. The number of rotatable bonds is 6. The fourth-order valence-corrected chi connectivity index (χ4v) is 2.01. The molecule has 0 radical (unpaired) electrons. The van der Waals surface area contributed by atoms with Crippen LogP contribution in [0.5, 0.6) is 5.88 Å². The van der Waals surface area contributed by atoms with Gasteiger partial charge < -0.3 is 20.3 Å². The highest BCUT2D eigenvalue weighted by molar-refractivity contribution is 5.46. The van der Waals surface area contributed by atoms with Crippen LogP contribution in [0, 0.1) is 0 Å². The summed E-state index contributed by atoms with van der Waals surface area (Å²) in [5, 5.41) is 0. The highest BCUT2D eigenvalue weighted by atomic mass is 16.5. The van der Waals surface area contributed by atoms with Crippen LogP contribution >= 0.6 is 0 Å². The molecule has 102 valence electrons. The van der Waals surface area contributed by atoms with Gasteiger partial charge in [-0.3, -0.25) is 0 Å². The summed E-state index contributed by atoms with van der Waals surface area (Å²) in [5.74, 6) is 1.53. The molecular formula is C12H23N5O. The molecule has 1 aromatic heterocycles. The summed E-state index contributed by atoms with van der Waals surface area (Å²) in [4.78, 5) is 12.6. The lowest BCUT2D eigenvalue weighted by molar-refractivity contribution is 0.371. The molecule has 1 unspecified atom stereocenters. The van der Waals surface area contributed by atoms with Crippen LogP contribution in [0.3, 0.4) is 0 Å². The summed E-state index contributed by atoms with van der Waals surface area (Å²) in [7, 11) is 5.68. The second kappa shape index (κ2) is 6.39.